The number of rotatable bonds is 7. The van der Waals surface area contributed by atoms with Gasteiger partial charge in [0.1, 0.15) is 10.6 Å². The summed E-state index contributed by atoms with van der Waals surface area (Å²) in [5.74, 6) is 0.776. The third kappa shape index (κ3) is 6.44. The fraction of sp³-hybridized carbons (Fsp3) is 0.480. The van der Waals surface area contributed by atoms with E-state index >= 15 is 0 Å². The van der Waals surface area contributed by atoms with Crippen LogP contribution in [0.2, 0.25) is 15.1 Å². The maximum atomic E-state index is 13.3. The first kappa shape index (κ1) is 26.6. The quantitative estimate of drug-likeness (QED) is 0.424. The van der Waals surface area contributed by atoms with E-state index in [0.717, 1.165) is 32.4 Å². The minimum Gasteiger partial charge on any atom is -0.493 e. The van der Waals surface area contributed by atoms with Gasteiger partial charge in [0.05, 0.1) is 11.6 Å². The zero-order valence-electron chi connectivity index (χ0n) is 19.4. The molecule has 0 aliphatic carbocycles. The number of amides is 1. The Morgan fingerprint density at radius 3 is 2.17 bits per heavy atom. The predicted molar refractivity (Wildman–Crippen MR) is 139 cm³/mol. The Balaban J connectivity index is 1.51. The van der Waals surface area contributed by atoms with Crippen LogP contribution in [0.3, 0.4) is 0 Å². The van der Waals surface area contributed by atoms with Crippen LogP contribution in [0.15, 0.2) is 47.4 Å². The molecule has 0 bridgehead atoms. The van der Waals surface area contributed by atoms with Crippen LogP contribution in [0.1, 0.15) is 38.5 Å². The topological polar surface area (TPSA) is 66.9 Å². The molecule has 0 saturated carbocycles. The largest absolute Gasteiger partial charge is 0.493 e. The van der Waals surface area contributed by atoms with E-state index in [4.69, 9.17) is 39.5 Å². The summed E-state index contributed by atoms with van der Waals surface area (Å²) < 4.78 is 34.2. The number of ether oxygens (including phenoxy) is 1. The molecule has 190 valence electrons. The number of halogens is 3. The third-order valence-electron chi connectivity index (χ3n) is 6.89. The fourth-order valence-electron chi connectivity index (χ4n) is 4.73. The molecule has 2 aliphatic rings. The highest BCUT2D eigenvalue weighted by Crippen LogP contribution is 2.39. The van der Waals surface area contributed by atoms with Crippen molar-refractivity contribution in [1.82, 2.24) is 9.21 Å². The van der Waals surface area contributed by atoms with E-state index in [0.29, 0.717) is 41.7 Å². The molecule has 10 heteroatoms. The third-order valence-corrected chi connectivity index (χ3v) is 9.76. The Kier molecular flexibility index (Phi) is 8.54. The van der Waals surface area contributed by atoms with Crippen molar-refractivity contribution in [3.05, 3.63) is 57.5 Å². The van der Waals surface area contributed by atoms with Crippen LogP contribution >= 0.6 is 34.8 Å². The number of carbonyl (C=O) groups is 1. The fourth-order valence-corrected chi connectivity index (χ4v) is 7.03. The lowest BCUT2D eigenvalue weighted by atomic mass is 9.76. The number of benzene rings is 2. The molecular weight excluding hydrogens is 531 g/mol. The van der Waals surface area contributed by atoms with Crippen molar-refractivity contribution in [3.8, 4) is 5.75 Å². The van der Waals surface area contributed by atoms with Gasteiger partial charge in [0.25, 0.3) is 0 Å². The highest BCUT2D eigenvalue weighted by molar-refractivity contribution is 7.89. The van der Waals surface area contributed by atoms with Crippen molar-refractivity contribution in [2.75, 3.05) is 32.8 Å². The molecule has 2 heterocycles. The van der Waals surface area contributed by atoms with Crippen LogP contribution in [-0.2, 0) is 14.8 Å². The maximum Gasteiger partial charge on any atom is 0.244 e. The Morgan fingerprint density at radius 2 is 1.51 bits per heavy atom. The summed E-state index contributed by atoms with van der Waals surface area (Å²) in [6, 6.07) is 11.5. The van der Waals surface area contributed by atoms with Crippen molar-refractivity contribution in [3.63, 3.8) is 0 Å². The summed E-state index contributed by atoms with van der Waals surface area (Å²) in [6.07, 6.45) is 4.51. The molecule has 4 rings (SSSR count). The lowest BCUT2D eigenvalue weighted by Crippen LogP contribution is -2.48. The van der Waals surface area contributed by atoms with Crippen LogP contribution in [0.25, 0.3) is 0 Å². The average molecular weight is 560 g/mol. The van der Waals surface area contributed by atoms with Crippen LogP contribution in [-0.4, -0.2) is 56.3 Å². The minimum atomic E-state index is -3.82. The molecular formula is C25H29Cl3N2O4S. The molecule has 0 spiro atoms. The summed E-state index contributed by atoms with van der Waals surface area (Å²) in [7, 11) is -3.82. The maximum absolute atomic E-state index is 13.3. The molecule has 0 unspecified atom stereocenters. The SMILES string of the molecule is O=C(CC1(COc2ccc(Cl)cc2)CCN(S(=O)(=O)c2cc(Cl)ccc2Cl)CC1)N1CCCCC1. The zero-order valence-corrected chi connectivity index (χ0v) is 22.5. The second-order valence-corrected chi connectivity index (χ2v) is 12.5. The highest BCUT2D eigenvalue weighted by Gasteiger charge is 2.42. The number of nitrogens with zero attached hydrogens (tertiary/aromatic N) is 2. The first-order chi connectivity index (χ1) is 16.7. The van der Waals surface area contributed by atoms with Crippen molar-refractivity contribution in [1.29, 1.82) is 0 Å². The van der Waals surface area contributed by atoms with Crippen LogP contribution in [0.5, 0.6) is 5.75 Å². The first-order valence-corrected chi connectivity index (χ1v) is 14.4. The Hall–Kier alpha value is -1.51. The summed E-state index contributed by atoms with van der Waals surface area (Å²) in [5, 5.41) is 1.06. The Bertz CT molecular complexity index is 1140. The van der Waals surface area contributed by atoms with Gasteiger partial charge in [-0.1, -0.05) is 34.8 Å². The van der Waals surface area contributed by atoms with Crippen molar-refractivity contribution >= 4 is 50.7 Å². The molecule has 2 fully saturated rings. The number of hydrogen-bond donors (Lipinski definition) is 0. The molecule has 2 saturated heterocycles. The predicted octanol–water partition coefficient (Wildman–Crippen LogP) is 5.90. The first-order valence-electron chi connectivity index (χ1n) is 11.8. The molecule has 2 aromatic carbocycles. The van der Waals surface area contributed by atoms with Gasteiger partial charge >= 0.3 is 0 Å². The van der Waals surface area contributed by atoms with Gasteiger partial charge in [-0.3, -0.25) is 4.79 Å². The van der Waals surface area contributed by atoms with E-state index in [1.165, 1.54) is 16.4 Å². The van der Waals surface area contributed by atoms with E-state index in [1.54, 1.807) is 30.3 Å². The van der Waals surface area contributed by atoms with Crippen LogP contribution in [0, 0.1) is 5.41 Å². The molecule has 2 aliphatic heterocycles. The highest BCUT2D eigenvalue weighted by atomic mass is 35.5. The number of sulfonamides is 1. The standard InChI is InChI=1S/C25H29Cl3N2O4S/c26-19-4-7-21(8-5-19)34-18-25(17-24(31)29-12-2-1-3-13-29)10-14-30(15-11-25)35(32,33)23-16-20(27)6-9-22(23)28/h4-9,16H,1-3,10-15,17-18H2. The van der Waals surface area contributed by atoms with Crippen molar-refractivity contribution < 1.29 is 17.9 Å². The lowest BCUT2D eigenvalue weighted by Gasteiger charge is -2.42. The molecule has 0 atom stereocenters. The Labute approximate surface area is 222 Å². The second-order valence-electron chi connectivity index (χ2n) is 9.34. The molecule has 6 nitrogen and oxygen atoms in total. The molecule has 35 heavy (non-hydrogen) atoms. The zero-order chi connectivity index (χ0) is 25.1. The van der Waals surface area contributed by atoms with Gasteiger partial charge in [-0.15, -0.1) is 0 Å². The smallest absolute Gasteiger partial charge is 0.244 e. The number of piperidine rings is 2. The Morgan fingerprint density at radius 1 is 0.886 bits per heavy atom. The molecule has 1 amide bonds. The van der Waals surface area contributed by atoms with Crippen molar-refractivity contribution in [2.24, 2.45) is 5.41 Å². The van der Waals surface area contributed by atoms with Gasteiger partial charge in [-0.25, -0.2) is 8.42 Å². The average Bonchev–Trinajstić information content (AvgIpc) is 2.86. The summed E-state index contributed by atoms with van der Waals surface area (Å²) >= 11 is 18.2. The van der Waals surface area contributed by atoms with Gasteiger partial charge < -0.3 is 9.64 Å². The van der Waals surface area contributed by atoms with Gasteiger partial charge in [-0.05, 0) is 74.6 Å². The van der Waals surface area contributed by atoms with Gasteiger partial charge in [0.15, 0.2) is 0 Å². The van der Waals surface area contributed by atoms with E-state index in [9.17, 15) is 13.2 Å². The van der Waals surface area contributed by atoms with E-state index in [1.807, 2.05) is 4.90 Å². The number of hydrogen-bond acceptors (Lipinski definition) is 4. The molecule has 2 aromatic rings. The molecule has 0 aromatic heterocycles. The lowest BCUT2D eigenvalue weighted by molar-refractivity contribution is -0.136. The van der Waals surface area contributed by atoms with E-state index in [2.05, 4.69) is 0 Å². The number of likely N-dealkylation sites (tertiary alicyclic amines) is 1. The molecule has 0 N–H and O–H groups in total. The van der Waals surface area contributed by atoms with Gasteiger partial charge in [0, 0.05) is 48.1 Å². The van der Waals surface area contributed by atoms with Crippen LogP contribution in [0.4, 0.5) is 0 Å². The van der Waals surface area contributed by atoms with Gasteiger partial charge in [0.2, 0.25) is 15.9 Å². The minimum absolute atomic E-state index is 0.000902. The normalized spacial score (nSPS) is 18.9. The monoisotopic (exact) mass is 558 g/mol. The van der Waals surface area contributed by atoms with Crippen molar-refractivity contribution in [2.45, 2.75) is 43.4 Å². The van der Waals surface area contributed by atoms with Crippen LogP contribution < -0.4 is 4.74 Å². The van der Waals surface area contributed by atoms with E-state index < -0.39 is 15.4 Å². The summed E-state index contributed by atoms with van der Waals surface area (Å²) in [4.78, 5) is 15.1. The summed E-state index contributed by atoms with van der Waals surface area (Å²) in [6.45, 7) is 2.41. The van der Waals surface area contributed by atoms with E-state index in [-0.39, 0.29) is 28.9 Å². The van der Waals surface area contributed by atoms with Gasteiger partial charge in [-0.2, -0.15) is 4.31 Å². The number of carbonyl (C=O) groups excluding carboxylic acids is 1. The molecule has 0 radical (unpaired) electrons. The second kappa shape index (κ2) is 11.3. The summed E-state index contributed by atoms with van der Waals surface area (Å²) in [5.41, 5.74) is -0.474.